The molecular weight excluding hydrogens is 1070 g/mol. The summed E-state index contributed by atoms with van der Waals surface area (Å²) in [5.41, 5.74) is -0.448. The van der Waals surface area contributed by atoms with E-state index in [4.69, 9.17) is 0 Å². The van der Waals surface area contributed by atoms with Gasteiger partial charge >= 0.3 is 11.9 Å². The van der Waals surface area contributed by atoms with Gasteiger partial charge in [0.25, 0.3) is 36.3 Å². The Labute approximate surface area is 433 Å². The van der Waals surface area contributed by atoms with Gasteiger partial charge in [-0.25, -0.2) is 19.6 Å². The van der Waals surface area contributed by atoms with Crippen LogP contribution in [0, 0.1) is 0 Å². The van der Waals surface area contributed by atoms with Crippen molar-refractivity contribution in [1.29, 1.82) is 0 Å². The summed E-state index contributed by atoms with van der Waals surface area (Å²) >= 11 is 0. The fourth-order valence-electron chi connectivity index (χ4n) is 7.03. The fraction of sp³-hybridized carbons (Fsp3) is 0.0426. The van der Waals surface area contributed by atoms with Crippen molar-refractivity contribution in [2.24, 2.45) is 35.5 Å². The Balaban J connectivity index is 1.06. The fourth-order valence-corrected chi connectivity index (χ4v) is 8.95. The lowest BCUT2D eigenvalue weighted by Crippen LogP contribution is -2.29. The van der Waals surface area contributed by atoms with Gasteiger partial charge in [0.2, 0.25) is 17.2 Å². The van der Waals surface area contributed by atoms with E-state index in [1.165, 1.54) is 37.3 Å². The van der Waals surface area contributed by atoms with E-state index < -0.39 is 80.2 Å². The van der Waals surface area contributed by atoms with Crippen LogP contribution in [0.1, 0.15) is 38.8 Å². The first-order chi connectivity index (χ1) is 36.4. The number of H-pyrrole nitrogens is 2. The van der Waals surface area contributed by atoms with Gasteiger partial charge in [0, 0.05) is 5.69 Å². The molecule has 0 bridgehead atoms. The number of aromatic nitrogens is 3. The van der Waals surface area contributed by atoms with Crippen LogP contribution in [0.3, 0.4) is 0 Å². The highest BCUT2D eigenvalue weighted by atomic mass is 32.2. The van der Waals surface area contributed by atoms with E-state index in [1.807, 2.05) is 0 Å². The number of benzene rings is 6. The van der Waals surface area contributed by atoms with Crippen molar-refractivity contribution < 1.29 is 68.6 Å². The van der Waals surface area contributed by atoms with E-state index in [0.29, 0.717) is 23.1 Å². The number of hydrogen-bond donors (Lipinski definition) is 9. The smallest absolute Gasteiger partial charge is 0.339 e. The Morgan fingerprint density at radius 2 is 1.27 bits per heavy atom. The van der Waals surface area contributed by atoms with Crippen LogP contribution < -0.4 is 21.6 Å². The van der Waals surface area contributed by atoms with Crippen LogP contribution in [0.4, 0.5) is 45.8 Å². The third-order valence-corrected chi connectivity index (χ3v) is 13.3. The monoisotopic (exact) mass is 1100 g/mol. The zero-order valence-electron chi connectivity index (χ0n) is 39.0. The first-order valence-corrected chi connectivity index (χ1v) is 26.0. The first-order valence-electron chi connectivity index (χ1n) is 21.7. The van der Waals surface area contributed by atoms with Gasteiger partial charge in [-0.05, 0) is 115 Å². The second-order valence-electron chi connectivity index (χ2n) is 16.0. The van der Waals surface area contributed by atoms with Crippen LogP contribution in [-0.4, -0.2) is 98.8 Å². The molecule has 6 aromatic carbocycles. The van der Waals surface area contributed by atoms with Gasteiger partial charge in [0.15, 0.2) is 6.04 Å². The number of para-hydroxylation sites is 1. The molecule has 0 saturated carbocycles. The van der Waals surface area contributed by atoms with Gasteiger partial charge in [-0.15, -0.1) is 0 Å². The first kappa shape index (κ1) is 53.6. The lowest BCUT2D eigenvalue weighted by Gasteiger charge is -2.14. The van der Waals surface area contributed by atoms with Crippen molar-refractivity contribution in [2.75, 3.05) is 10.3 Å². The lowest BCUT2D eigenvalue weighted by atomic mass is 10.1. The Bertz CT molecular complexity index is 4180. The number of rotatable bonds is 16. The number of aromatic carboxylic acids is 2. The highest BCUT2D eigenvalue weighted by molar-refractivity contribution is 7.86. The number of azo groups is 2. The van der Waals surface area contributed by atoms with Crippen LogP contribution in [-0.2, 0) is 35.1 Å². The van der Waals surface area contributed by atoms with Gasteiger partial charge in [0.1, 0.15) is 21.1 Å². The maximum absolute atomic E-state index is 13.5. The molecule has 2 heterocycles. The molecule has 1 aliphatic rings. The molecule has 1 amide bonds. The van der Waals surface area contributed by atoms with Crippen LogP contribution >= 0.6 is 0 Å². The predicted molar refractivity (Wildman–Crippen MR) is 272 cm³/mol. The minimum Gasteiger partial charge on any atom is -0.507 e. The van der Waals surface area contributed by atoms with Crippen LogP contribution in [0.15, 0.2) is 178 Å². The van der Waals surface area contributed by atoms with Crippen LogP contribution in [0.25, 0.3) is 12.2 Å². The zero-order valence-corrected chi connectivity index (χ0v) is 41.4. The Kier molecular flexibility index (Phi) is 15.0. The summed E-state index contributed by atoms with van der Waals surface area (Å²) < 4.78 is 104. The number of hydrazone groups is 1. The third-order valence-electron chi connectivity index (χ3n) is 10.6. The molecule has 0 saturated heterocycles. The Hall–Kier alpha value is -9.72. The van der Waals surface area contributed by atoms with E-state index in [-0.39, 0.29) is 62.3 Å². The summed E-state index contributed by atoms with van der Waals surface area (Å²) in [6.45, 7) is 1.36. The molecule has 0 fully saturated rings. The number of amides is 1. The van der Waals surface area contributed by atoms with Crippen molar-refractivity contribution in [1.82, 2.24) is 15.0 Å². The molecule has 9 N–H and O–H groups in total. The minimum absolute atomic E-state index is 0.00750. The average molecular weight is 1110 g/mol. The highest BCUT2D eigenvalue weighted by Crippen LogP contribution is 2.32. The number of carbonyl (C=O) groups excluding carboxylic acids is 1. The van der Waals surface area contributed by atoms with Gasteiger partial charge in [-0.3, -0.25) is 28.4 Å². The molecule has 1 aliphatic heterocycles. The third kappa shape index (κ3) is 13.0. The van der Waals surface area contributed by atoms with E-state index in [2.05, 4.69) is 55.8 Å². The maximum atomic E-state index is 13.5. The van der Waals surface area contributed by atoms with E-state index in [9.17, 15) is 68.6 Å². The van der Waals surface area contributed by atoms with E-state index >= 15 is 0 Å². The van der Waals surface area contributed by atoms with Crippen LogP contribution in [0.2, 0.25) is 0 Å². The van der Waals surface area contributed by atoms with Crippen molar-refractivity contribution in [3.05, 3.63) is 161 Å². The van der Waals surface area contributed by atoms with Gasteiger partial charge < -0.3 is 20.6 Å². The molecule has 392 valence electrons. The Morgan fingerprint density at radius 1 is 0.649 bits per heavy atom. The number of aromatic amines is 2. The molecule has 30 heteroatoms. The average Bonchev–Trinajstić information content (AvgIpc) is 3.73. The SMILES string of the molecule is CC1=NN(c2ccc(C=Cc3ccc(N=c4[nH]c(Nc5ccc(N=Nc6ccc(O)c(C(=O)O)c6)cc5)nc(=Nc5ccccc5)[nH]4)cc3S(=O)(=O)O)c(S(=O)(=O)O)c2)C(=O)C1N=Nc1ccc(S(=O)(=O)O)cc1C(=O)O. The van der Waals surface area contributed by atoms with Gasteiger partial charge in [0.05, 0.1) is 50.3 Å². The largest absolute Gasteiger partial charge is 0.507 e. The van der Waals surface area contributed by atoms with Gasteiger partial charge in [-0.2, -0.15) is 60.8 Å². The zero-order chi connectivity index (χ0) is 55.4. The number of hydrogen-bond acceptors (Lipinski definition) is 19. The number of carboxylic acids is 2. The summed E-state index contributed by atoms with van der Waals surface area (Å²) in [7, 11) is -14.9. The summed E-state index contributed by atoms with van der Waals surface area (Å²) in [4.78, 5) is 53.9. The van der Waals surface area contributed by atoms with Crippen molar-refractivity contribution in [2.45, 2.75) is 27.7 Å². The summed E-state index contributed by atoms with van der Waals surface area (Å²) in [6.07, 6.45) is 2.24. The molecule has 1 atom stereocenters. The summed E-state index contributed by atoms with van der Waals surface area (Å²) in [5.74, 6) is -4.20. The number of carbonyl (C=O) groups is 3. The number of phenols is 1. The molecule has 77 heavy (non-hydrogen) atoms. The molecular formula is C47H36N12O15S3. The molecule has 1 aromatic heterocycles. The van der Waals surface area contributed by atoms with Gasteiger partial charge in [-0.1, -0.05) is 42.5 Å². The molecule has 27 nitrogen and oxygen atoms in total. The number of nitrogens with one attached hydrogen (secondary N) is 3. The molecule has 0 spiro atoms. The molecule has 1 unspecified atom stereocenters. The lowest BCUT2D eigenvalue weighted by molar-refractivity contribution is -0.117. The second-order valence-corrected chi connectivity index (χ2v) is 20.2. The predicted octanol–water partition coefficient (Wildman–Crippen LogP) is 7.25. The summed E-state index contributed by atoms with van der Waals surface area (Å²) in [5, 5.41) is 52.4. The standard InChI is InChI=1S/C47H36N12O15S3/c1-25-41(57-56-37-19-18-34(75(66,67)68)24-35(37)43(62)63)42(61)59(58-25)33-17-10-27(40(23-33)77(72,73)74)8-7-26-9-11-31(22-39(26)76(69,70)71)50-47-52-45(48-28-5-3-2-4-6-28)51-46(53-47)49-29-12-14-30(15-13-29)54-55-32-16-20-38(60)36(21-32)44(64)65/h2-24,41,60H,1H3,(H,62,63)(H,64,65)(H,66,67,68)(H,69,70,71)(H,72,73,74)(H3,48,49,50,51,52,53). The molecule has 7 aromatic rings. The van der Waals surface area contributed by atoms with Crippen LogP contribution in [0.5, 0.6) is 5.75 Å². The van der Waals surface area contributed by atoms with E-state index in [1.54, 1.807) is 54.6 Å². The summed E-state index contributed by atoms with van der Waals surface area (Å²) in [6, 6.07) is 26.8. The maximum Gasteiger partial charge on any atom is 0.339 e. The highest BCUT2D eigenvalue weighted by Gasteiger charge is 2.36. The van der Waals surface area contributed by atoms with Crippen molar-refractivity contribution in [3.8, 4) is 5.75 Å². The molecule has 8 rings (SSSR count). The topological polar surface area (TPSA) is 421 Å². The second kappa shape index (κ2) is 21.6. The Morgan fingerprint density at radius 3 is 1.92 bits per heavy atom. The molecule has 0 aliphatic carbocycles. The van der Waals surface area contributed by atoms with Crippen molar-refractivity contribution >= 4 is 112 Å². The molecule has 0 radical (unpaired) electrons. The quantitative estimate of drug-likeness (QED) is 0.0261. The van der Waals surface area contributed by atoms with E-state index in [0.717, 1.165) is 53.6 Å². The number of carboxylic acid groups (broad SMARTS) is 2. The number of aromatic hydroxyl groups is 1. The normalized spacial score (nSPS) is 14.8. The number of nitrogens with zero attached hydrogens (tertiary/aromatic N) is 9. The minimum atomic E-state index is -5.09. The number of anilines is 3. The van der Waals surface area contributed by atoms with Crippen molar-refractivity contribution in [3.63, 3.8) is 0 Å².